The summed E-state index contributed by atoms with van der Waals surface area (Å²) in [5.41, 5.74) is 5.34. The number of fused-ring (bicyclic) bond motifs is 6. The summed E-state index contributed by atoms with van der Waals surface area (Å²) in [6, 6.07) is 14.2. The smallest absolute Gasteiger partial charge is 0.306 e. The molecular formula is C45H48N4O9. The van der Waals surface area contributed by atoms with Gasteiger partial charge in [0.25, 0.3) is 11.8 Å². The first kappa shape index (κ1) is 39.8. The van der Waals surface area contributed by atoms with Crippen LogP contribution in [0.15, 0.2) is 89.6 Å². The maximum absolute atomic E-state index is 14.3. The predicted octanol–water partition coefficient (Wildman–Crippen LogP) is 7.15. The molecule has 3 amide bonds. The van der Waals surface area contributed by atoms with Crippen molar-refractivity contribution in [3.8, 4) is 23.0 Å². The maximum atomic E-state index is 14.3. The van der Waals surface area contributed by atoms with Crippen LogP contribution in [0.2, 0.25) is 0 Å². The molecule has 4 aliphatic heterocycles. The standard InChI is InChI=1S/C45H48N4O9/c1-6-13-28-21-31-27-47(42(50)16-17-43(51)56-5)37-25-41(39(55-4)23-33(37)45(53)49(31)35(28)7-2)58-19-12-8-11-18-57-40-24-34-32(22-38(40)54-3)44(52)48-30(26-46-34)20-29-14-9-10-15-36(29)48/h6-7,9-10,13-15,22-26,30-31H,2,8,11-12,16-21,27H2,1,3-5H3/b13-6-/t30-,31-/m0/s1. The lowest BCUT2D eigenvalue weighted by Crippen LogP contribution is -2.42. The monoisotopic (exact) mass is 788 g/mol. The highest BCUT2D eigenvalue weighted by Gasteiger charge is 2.42. The van der Waals surface area contributed by atoms with Crippen molar-refractivity contribution in [1.29, 1.82) is 0 Å². The van der Waals surface area contributed by atoms with Crippen molar-refractivity contribution >= 4 is 47.0 Å². The van der Waals surface area contributed by atoms with Gasteiger partial charge in [-0.3, -0.25) is 29.1 Å². The summed E-state index contributed by atoms with van der Waals surface area (Å²) in [6.45, 7) is 6.84. The second-order valence-corrected chi connectivity index (χ2v) is 14.4. The molecule has 3 aromatic carbocycles. The van der Waals surface area contributed by atoms with E-state index >= 15 is 0 Å². The first-order valence-electron chi connectivity index (χ1n) is 19.6. The topological polar surface area (TPSA) is 137 Å². The molecule has 302 valence electrons. The second kappa shape index (κ2) is 17.4. The Balaban J connectivity index is 1.01. The number of rotatable bonds is 15. The van der Waals surface area contributed by atoms with Gasteiger partial charge in [0, 0.05) is 49.1 Å². The minimum Gasteiger partial charge on any atom is -0.493 e. The summed E-state index contributed by atoms with van der Waals surface area (Å²) in [4.78, 5) is 63.5. The number of anilines is 2. The lowest BCUT2D eigenvalue weighted by Gasteiger charge is -2.27. The Hall–Kier alpha value is -6.37. The summed E-state index contributed by atoms with van der Waals surface area (Å²) >= 11 is 0. The SMILES string of the molecule is C=CC1=C(/C=C\C)C[C@H]2CN(C(=O)CCC(=O)OC)c3cc(OCCCCCOc4cc5c(cc4OC)C(=O)N4c6ccccc6C[C@H]4C=N5)c(OC)cc3C(=O)N12. The molecule has 4 heterocycles. The van der Waals surface area contributed by atoms with Gasteiger partial charge in [0.15, 0.2) is 23.0 Å². The zero-order chi connectivity index (χ0) is 40.9. The first-order chi connectivity index (χ1) is 28.2. The molecule has 13 heteroatoms. The third kappa shape index (κ3) is 7.68. The summed E-state index contributed by atoms with van der Waals surface area (Å²) in [5, 5.41) is 0. The summed E-state index contributed by atoms with van der Waals surface area (Å²) in [5.74, 6) is 0.501. The molecule has 13 nitrogen and oxygen atoms in total. The van der Waals surface area contributed by atoms with E-state index in [1.807, 2.05) is 49.6 Å². The zero-order valence-corrected chi connectivity index (χ0v) is 33.3. The van der Waals surface area contributed by atoms with Gasteiger partial charge in [0.1, 0.15) is 0 Å². The normalized spacial score (nSPS) is 17.9. The van der Waals surface area contributed by atoms with Crippen LogP contribution in [0.1, 0.15) is 71.7 Å². The van der Waals surface area contributed by atoms with Crippen LogP contribution in [0.25, 0.3) is 0 Å². The van der Waals surface area contributed by atoms with E-state index in [4.69, 9.17) is 28.7 Å². The molecule has 0 saturated heterocycles. The highest BCUT2D eigenvalue weighted by atomic mass is 16.5. The van der Waals surface area contributed by atoms with Crippen LogP contribution in [0, 0.1) is 0 Å². The van der Waals surface area contributed by atoms with Crippen molar-refractivity contribution < 1.29 is 42.9 Å². The number of hydrogen-bond acceptors (Lipinski definition) is 10. The number of benzene rings is 3. The molecule has 0 aromatic heterocycles. The quantitative estimate of drug-likeness (QED) is 0.116. The third-order valence-electron chi connectivity index (χ3n) is 10.9. The number of allylic oxidation sites excluding steroid dienone is 3. The average Bonchev–Trinajstić information content (AvgIpc) is 3.72. The highest BCUT2D eigenvalue weighted by molar-refractivity contribution is 6.15. The van der Waals surface area contributed by atoms with Crippen LogP contribution in [0.3, 0.4) is 0 Å². The Bertz CT molecular complexity index is 2230. The van der Waals surface area contributed by atoms with Gasteiger partial charge in [0.2, 0.25) is 5.91 Å². The van der Waals surface area contributed by atoms with E-state index in [2.05, 4.69) is 6.58 Å². The molecular weight excluding hydrogens is 741 g/mol. The average molecular weight is 789 g/mol. The second-order valence-electron chi connectivity index (χ2n) is 14.4. The third-order valence-corrected chi connectivity index (χ3v) is 10.9. The number of nitrogens with zero attached hydrogens (tertiary/aromatic N) is 4. The van der Waals surface area contributed by atoms with Crippen LogP contribution in [0.4, 0.5) is 17.1 Å². The number of para-hydroxylation sites is 1. The van der Waals surface area contributed by atoms with Crippen molar-refractivity contribution in [2.24, 2.45) is 4.99 Å². The van der Waals surface area contributed by atoms with Gasteiger partial charge >= 0.3 is 5.97 Å². The van der Waals surface area contributed by atoms with Crippen LogP contribution >= 0.6 is 0 Å². The number of hydrogen-bond donors (Lipinski definition) is 0. The number of ether oxygens (including phenoxy) is 5. The number of amides is 3. The molecule has 3 aromatic rings. The number of aliphatic imine (C=N–C) groups is 1. The number of carbonyl (C=O) groups is 4. The van der Waals surface area contributed by atoms with Crippen molar-refractivity contribution in [3.05, 3.63) is 101 Å². The molecule has 0 saturated carbocycles. The molecule has 0 N–H and O–H groups in total. The van der Waals surface area contributed by atoms with Gasteiger partial charge in [0.05, 0.1) is 75.5 Å². The van der Waals surface area contributed by atoms with Gasteiger partial charge in [-0.15, -0.1) is 0 Å². The Kier molecular flexibility index (Phi) is 12.0. The predicted molar refractivity (Wildman–Crippen MR) is 220 cm³/mol. The van der Waals surface area contributed by atoms with Gasteiger partial charge in [-0.05, 0) is 68.0 Å². The fraction of sp³-hybridized carbons (Fsp3) is 0.356. The van der Waals surface area contributed by atoms with Gasteiger partial charge in [-0.1, -0.05) is 36.9 Å². The Labute approximate surface area is 338 Å². The van der Waals surface area contributed by atoms with E-state index < -0.39 is 5.97 Å². The van der Waals surface area contributed by atoms with E-state index in [-0.39, 0.29) is 54.8 Å². The summed E-state index contributed by atoms with van der Waals surface area (Å²) < 4.78 is 28.5. The van der Waals surface area contributed by atoms with Crippen LogP contribution in [0.5, 0.6) is 23.0 Å². The molecule has 0 unspecified atom stereocenters. The molecule has 4 aliphatic rings. The van der Waals surface area contributed by atoms with E-state index in [9.17, 15) is 19.2 Å². The first-order valence-corrected chi connectivity index (χ1v) is 19.6. The molecule has 0 radical (unpaired) electrons. The largest absolute Gasteiger partial charge is 0.493 e. The van der Waals surface area contributed by atoms with Crippen molar-refractivity contribution in [2.45, 2.75) is 64.0 Å². The minimum atomic E-state index is -0.493. The van der Waals surface area contributed by atoms with Crippen molar-refractivity contribution in [3.63, 3.8) is 0 Å². The van der Waals surface area contributed by atoms with Gasteiger partial charge < -0.3 is 33.5 Å². The van der Waals surface area contributed by atoms with Crippen LogP contribution < -0.4 is 28.7 Å². The van der Waals surface area contributed by atoms with Crippen LogP contribution in [-0.4, -0.2) is 88.0 Å². The van der Waals surface area contributed by atoms with Crippen molar-refractivity contribution in [2.75, 3.05) is 50.9 Å². The van der Waals surface area contributed by atoms with E-state index in [1.54, 1.807) is 52.2 Å². The Morgan fingerprint density at radius 3 is 2.21 bits per heavy atom. The molecule has 0 fully saturated rings. The van der Waals surface area contributed by atoms with Gasteiger partial charge in [-0.25, -0.2) is 0 Å². The molecule has 58 heavy (non-hydrogen) atoms. The van der Waals surface area contributed by atoms with Gasteiger partial charge in [-0.2, -0.15) is 0 Å². The fourth-order valence-electron chi connectivity index (χ4n) is 8.08. The molecule has 2 atom stereocenters. The number of esters is 1. The van der Waals surface area contributed by atoms with E-state index in [0.29, 0.717) is 84.5 Å². The van der Waals surface area contributed by atoms with Crippen molar-refractivity contribution in [1.82, 2.24) is 4.90 Å². The number of unbranched alkanes of at least 4 members (excludes halogenated alkanes) is 2. The van der Waals surface area contributed by atoms with Crippen LogP contribution in [-0.2, 0) is 20.7 Å². The number of carbonyl (C=O) groups excluding carboxylic acids is 4. The lowest BCUT2D eigenvalue weighted by atomic mass is 10.1. The lowest BCUT2D eigenvalue weighted by molar-refractivity contribution is -0.141. The number of methoxy groups -OCH3 is 3. The maximum Gasteiger partial charge on any atom is 0.306 e. The highest BCUT2D eigenvalue weighted by Crippen LogP contribution is 2.44. The summed E-state index contributed by atoms with van der Waals surface area (Å²) in [6.07, 6.45) is 10.6. The zero-order valence-electron chi connectivity index (χ0n) is 33.3. The minimum absolute atomic E-state index is 0.0858. The molecule has 0 aliphatic carbocycles. The Morgan fingerprint density at radius 2 is 1.52 bits per heavy atom. The molecule has 0 spiro atoms. The molecule has 0 bridgehead atoms. The Morgan fingerprint density at radius 1 is 0.828 bits per heavy atom. The molecule has 7 rings (SSSR count). The van der Waals surface area contributed by atoms with E-state index in [1.165, 1.54) is 14.2 Å². The fourth-order valence-corrected chi connectivity index (χ4v) is 8.08. The van der Waals surface area contributed by atoms with E-state index in [0.717, 1.165) is 23.2 Å². The summed E-state index contributed by atoms with van der Waals surface area (Å²) in [7, 11) is 4.34.